The molecule has 0 aliphatic rings. The van der Waals surface area contributed by atoms with Gasteiger partial charge in [0.1, 0.15) is 11.2 Å². The SMILES string of the molecule is [2H]C([2H])([2H])C(C)[C@H](C(=O)O)N(NC(=O)OC(C)(C)C)C(=O)OC(C)(C)C. The van der Waals surface area contributed by atoms with E-state index in [9.17, 15) is 19.5 Å². The third-order valence-electron chi connectivity index (χ3n) is 2.21. The van der Waals surface area contributed by atoms with Crippen LogP contribution in [-0.4, -0.2) is 45.5 Å². The maximum atomic E-state index is 12.4. The lowest BCUT2D eigenvalue weighted by molar-refractivity contribution is -0.146. The quantitative estimate of drug-likeness (QED) is 0.768. The molecule has 0 rings (SSSR count). The first-order valence-electron chi connectivity index (χ1n) is 8.60. The van der Waals surface area contributed by atoms with Crippen LogP contribution < -0.4 is 5.43 Å². The Balaban J connectivity index is 5.82. The van der Waals surface area contributed by atoms with Crippen LogP contribution in [0.25, 0.3) is 0 Å². The fourth-order valence-electron chi connectivity index (χ4n) is 1.49. The van der Waals surface area contributed by atoms with Crippen molar-refractivity contribution in [1.82, 2.24) is 10.4 Å². The van der Waals surface area contributed by atoms with E-state index >= 15 is 0 Å². The number of amides is 2. The summed E-state index contributed by atoms with van der Waals surface area (Å²) in [5.74, 6) is -3.11. The summed E-state index contributed by atoms with van der Waals surface area (Å²) >= 11 is 0. The summed E-state index contributed by atoms with van der Waals surface area (Å²) in [7, 11) is 0. The van der Waals surface area contributed by atoms with Crippen LogP contribution in [0.4, 0.5) is 9.59 Å². The average molecular weight is 335 g/mol. The molecule has 0 fully saturated rings. The van der Waals surface area contributed by atoms with Gasteiger partial charge in [0.15, 0.2) is 6.04 Å². The molecular formula is C15H28N2O6. The Morgan fingerprint density at radius 1 is 1.09 bits per heavy atom. The first-order valence-corrected chi connectivity index (χ1v) is 7.10. The minimum atomic E-state index is -2.70. The summed E-state index contributed by atoms with van der Waals surface area (Å²) in [6.45, 7) is 7.79. The van der Waals surface area contributed by atoms with E-state index in [2.05, 4.69) is 0 Å². The molecule has 1 unspecified atom stereocenters. The molecule has 2 atom stereocenters. The van der Waals surface area contributed by atoms with Crippen LogP contribution in [0.2, 0.25) is 0 Å². The number of carboxylic acid groups (broad SMARTS) is 1. The molecule has 0 bridgehead atoms. The van der Waals surface area contributed by atoms with E-state index < -0.39 is 48.2 Å². The van der Waals surface area contributed by atoms with E-state index in [0.29, 0.717) is 5.01 Å². The fraction of sp³-hybridized carbons (Fsp3) is 0.800. The summed E-state index contributed by atoms with van der Waals surface area (Å²) in [5.41, 5.74) is 0.0758. The first kappa shape index (κ1) is 15.9. The highest BCUT2D eigenvalue weighted by Gasteiger charge is 2.37. The zero-order valence-corrected chi connectivity index (χ0v) is 14.6. The van der Waals surface area contributed by atoms with Gasteiger partial charge in [0.25, 0.3) is 0 Å². The predicted octanol–water partition coefficient (Wildman–Crippen LogP) is 2.77. The Hall–Kier alpha value is -1.99. The number of hydrogen-bond acceptors (Lipinski definition) is 5. The number of nitrogens with zero attached hydrogens (tertiary/aromatic N) is 1. The smallest absolute Gasteiger partial charge is 0.430 e. The standard InChI is InChI=1S/C15H28N2O6/c1-9(2)10(11(18)19)17(13(21)23-15(6,7)8)16-12(20)22-14(3,4)5/h9-10H,1-8H3,(H,16,20)(H,18,19)/t10-/m1/s1/i1D3/t9?,10-. The van der Waals surface area contributed by atoms with Crippen molar-refractivity contribution in [2.45, 2.75) is 72.6 Å². The van der Waals surface area contributed by atoms with Gasteiger partial charge < -0.3 is 14.6 Å². The largest absolute Gasteiger partial charge is 0.480 e. The normalized spacial score (nSPS) is 16.9. The molecule has 0 radical (unpaired) electrons. The third kappa shape index (κ3) is 8.27. The van der Waals surface area contributed by atoms with Gasteiger partial charge >= 0.3 is 18.2 Å². The zero-order chi connectivity index (χ0) is 21.1. The summed E-state index contributed by atoms with van der Waals surface area (Å²) < 4.78 is 32.5. The van der Waals surface area contributed by atoms with Crippen molar-refractivity contribution in [2.24, 2.45) is 5.92 Å². The molecule has 0 spiro atoms. The molecule has 0 aliphatic heterocycles. The molecule has 0 heterocycles. The maximum Gasteiger partial charge on any atom is 0.430 e. The summed E-state index contributed by atoms with van der Waals surface area (Å²) in [6.07, 6.45) is -2.33. The minimum Gasteiger partial charge on any atom is -0.480 e. The van der Waals surface area contributed by atoms with Crippen molar-refractivity contribution in [2.75, 3.05) is 0 Å². The van der Waals surface area contributed by atoms with E-state index in [0.717, 1.165) is 6.92 Å². The van der Waals surface area contributed by atoms with E-state index in [1.807, 2.05) is 5.43 Å². The molecular weight excluding hydrogens is 304 g/mol. The van der Waals surface area contributed by atoms with Gasteiger partial charge in [0.05, 0.1) is 0 Å². The van der Waals surface area contributed by atoms with Gasteiger partial charge in [0.2, 0.25) is 0 Å². The first-order chi connectivity index (χ1) is 11.3. The van der Waals surface area contributed by atoms with Gasteiger partial charge in [-0.15, -0.1) is 0 Å². The Bertz CT molecular complexity index is 537. The maximum absolute atomic E-state index is 12.4. The number of carbonyl (C=O) groups excluding carboxylic acids is 2. The number of hydrogen-bond donors (Lipinski definition) is 2. The number of nitrogens with one attached hydrogen (secondary N) is 1. The number of carbonyl (C=O) groups is 3. The second kappa shape index (κ2) is 7.52. The van der Waals surface area contributed by atoms with Crippen molar-refractivity contribution in [1.29, 1.82) is 0 Å². The van der Waals surface area contributed by atoms with Crippen molar-refractivity contribution in [3.63, 3.8) is 0 Å². The molecule has 8 heteroatoms. The molecule has 2 N–H and O–H groups in total. The molecule has 8 nitrogen and oxygen atoms in total. The topological polar surface area (TPSA) is 105 Å². The predicted molar refractivity (Wildman–Crippen MR) is 83.7 cm³/mol. The monoisotopic (exact) mass is 335 g/mol. The highest BCUT2D eigenvalue weighted by molar-refractivity contribution is 5.82. The Morgan fingerprint density at radius 3 is 1.91 bits per heavy atom. The van der Waals surface area contributed by atoms with Gasteiger partial charge in [-0.1, -0.05) is 13.8 Å². The van der Waals surface area contributed by atoms with Crippen LogP contribution in [0.15, 0.2) is 0 Å². The fourth-order valence-corrected chi connectivity index (χ4v) is 1.49. The van der Waals surface area contributed by atoms with Crippen LogP contribution >= 0.6 is 0 Å². The molecule has 0 saturated carbocycles. The van der Waals surface area contributed by atoms with Gasteiger partial charge in [-0.3, -0.25) is 0 Å². The second-order valence-corrected chi connectivity index (χ2v) is 7.04. The Morgan fingerprint density at radius 2 is 1.57 bits per heavy atom. The van der Waals surface area contributed by atoms with Gasteiger partial charge in [-0.25, -0.2) is 24.8 Å². The van der Waals surface area contributed by atoms with Crippen LogP contribution in [0, 0.1) is 5.92 Å². The lowest BCUT2D eigenvalue weighted by atomic mass is 10.0. The third-order valence-corrected chi connectivity index (χ3v) is 2.21. The number of carboxylic acids is 1. The molecule has 2 amide bonds. The summed E-state index contributed by atoms with van der Waals surface area (Å²) in [5, 5.41) is 9.82. The van der Waals surface area contributed by atoms with Crippen LogP contribution in [0.5, 0.6) is 0 Å². The van der Waals surface area contributed by atoms with Crippen LogP contribution in [-0.2, 0) is 14.3 Å². The highest BCUT2D eigenvalue weighted by atomic mass is 16.6. The zero-order valence-electron chi connectivity index (χ0n) is 17.6. The van der Waals surface area contributed by atoms with Crippen molar-refractivity contribution >= 4 is 18.2 Å². The number of aliphatic carboxylic acids is 1. The lowest BCUT2D eigenvalue weighted by Gasteiger charge is -2.33. The van der Waals surface area contributed by atoms with Crippen LogP contribution in [0.1, 0.15) is 59.4 Å². The van der Waals surface area contributed by atoms with E-state index in [-0.39, 0.29) is 0 Å². The van der Waals surface area contributed by atoms with Crippen LogP contribution in [0.3, 0.4) is 0 Å². The van der Waals surface area contributed by atoms with Crippen molar-refractivity contribution < 1.29 is 33.1 Å². The number of hydrazine groups is 1. The van der Waals surface area contributed by atoms with E-state index in [1.54, 1.807) is 41.5 Å². The molecule has 0 aromatic rings. The minimum absolute atomic E-state index is 0.346. The lowest BCUT2D eigenvalue weighted by Crippen LogP contribution is -2.58. The highest BCUT2D eigenvalue weighted by Crippen LogP contribution is 2.16. The molecule has 23 heavy (non-hydrogen) atoms. The molecule has 134 valence electrons. The van der Waals surface area contributed by atoms with E-state index in [1.165, 1.54) is 0 Å². The van der Waals surface area contributed by atoms with Crippen molar-refractivity contribution in [3.8, 4) is 0 Å². The molecule has 0 aromatic heterocycles. The molecule has 0 saturated heterocycles. The Kier molecular flexibility index (Phi) is 5.19. The summed E-state index contributed by atoms with van der Waals surface area (Å²) in [6, 6.07) is -1.90. The summed E-state index contributed by atoms with van der Waals surface area (Å²) in [4.78, 5) is 36.1. The van der Waals surface area contributed by atoms with Gasteiger partial charge in [0, 0.05) is 4.11 Å². The second-order valence-electron chi connectivity index (χ2n) is 7.04. The van der Waals surface area contributed by atoms with Gasteiger partial charge in [-0.05, 0) is 47.5 Å². The van der Waals surface area contributed by atoms with E-state index in [4.69, 9.17) is 13.6 Å². The molecule has 0 aromatic carbocycles. The number of ether oxygens (including phenoxy) is 2. The van der Waals surface area contributed by atoms with Gasteiger partial charge in [-0.2, -0.15) is 0 Å². The average Bonchev–Trinajstić information content (AvgIpc) is 2.31. The molecule has 0 aliphatic carbocycles. The number of rotatable bonds is 3. The Labute approximate surface area is 141 Å². The van der Waals surface area contributed by atoms with Crippen molar-refractivity contribution in [3.05, 3.63) is 0 Å².